The van der Waals surface area contributed by atoms with E-state index in [0.717, 1.165) is 36.4 Å². The van der Waals surface area contributed by atoms with Crippen molar-refractivity contribution in [3.05, 3.63) is 28.2 Å². The summed E-state index contributed by atoms with van der Waals surface area (Å²) in [6, 6.07) is 6.17. The first-order valence-electron chi connectivity index (χ1n) is 6.57. The molecule has 1 aliphatic heterocycles. The number of hydrogen-bond donors (Lipinski definition) is 1. The number of nitrogens with two attached hydrogens (primary N) is 1. The molecule has 0 bridgehead atoms. The Bertz CT molecular complexity index is 395. The average Bonchev–Trinajstić information content (AvgIpc) is 2.35. The highest BCUT2D eigenvalue weighted by atomic mass is 79.9. The molecule has 0 amide bonds. The molecule has 18 heavy (non-hydrogen) atoms. The average molecular weight is 313 g/mol. The topological polar surface area (TPSA) is 38.5 Å². The van der Waals surface area contributed by atoms with Gasteiger partial charge in [0.2, 0.25) is 0 Å². The lowest BCUT2D eigenvalue weighted by Gasteiger charge is -2.32. The summed E-state index contributed by atoms with van der Waals surface area (Å²) < 4.78 is 6.71. The summed E-state index contributed by atoms with van der Waals surface area (Å²) in [6.07, 6.45) is 2.82. The molecular weight excluding hydrogens is 292 g/mol. The molecule has 1 aliphatic rings. The zero-order valence-corrected chi connectivity index (χ0v) is 12.4. The number of ether oxygens (including phenoxy) is 1. The highest BCUT2D eigenvalue weighted by molar-refractivity contribution is 9.10. The minimum absolute atomic E-state index is 0.404. The second-order valence-corrected chi connectivity index (χ2v) is 5.66. The van der Waals surface area contributed by atoms with E-state index in [2.05, 4.69) is 39.9 Å². The molecule has 100 valence electrons. The van der Waals surface area contributed by atoms with E-state index in [1.165, 1.54) is 18.4 Å². The van der Waals surface area contributed by atoms with Crippen LogP contribution in [0, 0.1) is 0 Å². The third kappa shape index (κ3) is 3.70. The highest BCUT2D eigenvalue weighted by Crippen LogP contribution is 2.22. The molecule has 1 unspecified atom stereocenters. The van der Waals surface area contributed by atoms with Gasteiger partial charge in [-0.15, -0.1) is 0 Å². The largest absolute Gasteiger partial charge is 0.398 e. The van der Waals surface area contributed by atoms with Crippen LogP contribution in [-0.2, 0) is 11.3 Å². The van der Waals surface area contributed by atoms with Gasteiger partial charge >= 0.3 is 0 Å². The summed E-state index contributed by atoms with van der Waals surface area (Å²) in [5, 5.41) is 0. The van der Waals surface area contributed by atoms with Crippen LogP contribution >= 0.6 is 15.9 Å². The maximum absolute atomic E-state index is 5.80. The monoisotopic (exact) mass is 312 g/mol. The second kappa shape index (κ2) is 6.55. The van der Waals surface area contributed by atoms with Gasteiger partial charge in [-0.1, -0.05) is 6.07 Å². The van der Waals surface area contributed by atoms with Crippen LogP contribution in [0.2, 0.25) is 0 Å². The molecule has 2 N–H and O–H groups in total. The summed E-state index contributed by atoms with van der Waals surface area (Å²) in [5.41, 5.74) is 7.90. The fourth-order valence-corrected chi connectivity index (χ4v) is 2.88. The molecule has 1 atom stereocenters. The Hall–Kier alpha value is -0.580. The lowest BCUT2D eigenvalue weighted by molar-refractivity contribution is 0.00363. The third-order valence-corrected chi connectivity index (χ3v) is 4.02. The van der Waals surface area contributed by atoms with Crippen LogP contribution < -0.4 is 5.73 Å². The second-order valence-electron chi connectivity index (χ2n) is 4.81. The number of benzene rings is 1. The van der Waals surface area contributed by atoms with Crippen molar-refractivity contribution in [1.82, 2.24) is 4.90 Å². The highest BCUT2D eigenvalue weighted by Gasteiger charge is 2.19. The molecule has 0 aliphatic carbocycles. The van der Waals surface area contributed by atoms with Crippen molar-refractivity contribution < 1.29 is 4.74 Å². The van der Waals surface area contributed by atoms with Gasteiger partial charge in [0.1, 0.15) is 0 Å². The number of rotatable bonds is 4. The van der Waals surface area contributed by atoms with E-state index in [-0.39, 0.29) is 0 Å². The summed E-state index contributed by atoms with van der Waals surface area (Å²) in [6.45, 7) is 6.05. The van der Waals surface area contributed by atoms with Crippen molar-refractivity contribution in [2.45, 2.75) is 32.4 Å². The number of nitrogens with zero attached hydrogens (tertiary/aromatic N) is 1. The number of piperidine rings is 1. The first-order valence-corrected chi connectivity index (χ1v) is 7.36. The summed E-state index contributed by atoms with van der Waals surface area (Å²) in [5.74, 6) is 0. The van der Waals surface area contributed by atoms with Crippen molar-refractivity contribution in [1.29, 1.82) is 0 Å². The molecule has 2 rings (SSSR count). The first kappa shape index (κ1) is 13.8. The molecule has 0 radical (unpaired) electrons. The van der Waals surface area contributed by atoms with E-state index in [1.54, 1.807) is 0 Å². The predicted octanol–water partition coefficient (Wildman–Crippen LogP) is 3.03. The van der Waals surface area contributed by atoms with Crippen LogP contribution in [0.1, 0.15) is 25.3 Å². The van der Waals surface area contributed by atoms with Gasteiger partial charge in [-0.05, 0) is 59.9 Å². The Balaban J connectivity index is 1.93. The zero-order chi connectivity index (χ0) is 13.0. The Morgan fingerprint density at radius 1 is 1.50 bits per heavy atom. The van der Waals surface area contributed by atoms with Crippen LogP contribution in [-0.4, -0.2) is 30.7 Å². The smallest absolute Gasteiger partial charge is 0.0702 e. The Morgan fingerprint density at radius 2 is 2.33 bits per heavy atom. The summed E-state index contributed by atoms with van der Waals surface area (Å²) in [4.78, 5) is 2.46. The van der Waals surface area contributed by atoms with Crippen LogP contribution in [0.5, 0.6) is 0 Å². The van der Waals surface area contributed by atoms with Crippen molar-refractivity contribution in [3.8, 4) is 0 Å². The predicted molar refractivity (Wildman–Crippen MR) is 78.5 cm³/mol. The third-order valence-electron chi connectivity index (χ3n) is 3.34. The Kier molecular flexibility index (Phi) is 5.03. The minimum atomic E-state index is 0.404. The van der Waals surface area contributed by atoms with E-state index >= 15 is 0 Å². The van der Waals surface area contributed by atoms with Crippen molar-refractivity contribution in [2.24, 2.45) is 0 Å². The van der Waals surface area contributed by atoms with E-state index in [4.69, 9.17) is 10.5 Å². The van der Waals surface area contributed by atoms with Gasteiger partial charge in [-0.3, -0.25) is 4.90 Å². The molecule has 1 saturated heterocycles. The lowest BCUT2D eigenvalue weighted by atomic mass is 10.1. The van der Waals surface area contributed by atoms with E-state index < -0.39 is 0 Å². The van der Waals surface area contributed by atoms with Gasteiger partial charge in [-0.2, -0.15) is 0 Å². The van der Waals surface area contributed by atoms with Gasteiger partial charge in [0.15, 0.2) is 0 Å². The molecule has 1 aromatic rings. The number of nitrogen functional groups attached to an aromatic ring is 1. The van der Waals surface area contributed by atoms with Gasteiger partial charge < -0.3 is 10.5 Å². The summed E-state index contributed by atoms with van der Waals surface area (Å²) >= 11 is 3.48. The summed E-state index contributed by atoms with van der Waals surface area (Å²) in [7, 11) is 0. The molecule has 0 spiro atoms. The Morgan fingerprint density at radius 3 is 3.06 bits per heavy atom. The van der Waals surface area contributed by atoms with Crippen LogP contribution in [0.3, 0.4) is 0 Å². The molecule has 1 aromatic carbocycles. The fraction of sp³-hybridized carbons (Fsp3) is 0.571. The molecule has 4 heteroatoms. The molecule has 1 fully saturated rings. The quantitative estimate of drug-likeness (QED) is 0.869. The molecule has 3 nitrogen and oxygen atoms in total. The van der Waals surface area contributed by atoms with Crippen LogP contribution in [0.4, 0.5) is 5.69 Å². The van der Waals surface area contributed by atoms with Crippen molar-refractivity contribution >= 4 is 21.6 Å². The standard InChI is InChI=1S/C14H21BrN2O/c1-2-18-12-4-3-7-17(10-12)9-11-5-6-14(16)13(15)8-11/h5-6,8,12H,2-4,7,9-10,16H2,1H3. The van der Waals surface area contributed by atoms with Gasteiger partial charge in [0.25, 0.3) is 0 Å². The number of anilines is 1. The molecule has 0 aromatic heterocycles. The normalized spacial score (nSPS) is 21.1. The number of hydrogen-bond acceptors (Lipinski definition) is 3. The minimum Gasteiger partial charge on any atom is -0.398 e. The fourth-order valence-electron chi connectivity index (χ4n) is 2.46. The maximum atomic E-state index is 5.80. The van der Waals surface area contributed by atoms with Crippen LogP contribution in [0.15, 0.2) is 22.7 Å². The van der Waals surface area contributed by atoms with Gasteiger partial charge in [-0.25, -0.2) is 0 Å². The molecular formula is C14H21BrN2O. The number of halogens is 1. The molecule has 0 saturated carbocycles. The van der Waals surface area contributed by atoms with E-state index in [1.807, 2.05) is 6.07 Å². The maximum Gasteiger partial charge on any atom is 0.0702 e. The van der Waals surface area contributed by atoms with Crippen molar-refractivity contribution in [2.75, 3.05) is 25.4 Å². The van der Waals surface area contributed by atoms with E-state index in [9.17, 15) is 0 Å². The van der Waals surface area contributed by atoms with Gasteiger partial charge in [0, 0.05) is 29.9 Å². The Labute approximate surface area is 117 Å². The van der Waals surface area contributed by atoms with Crippen molar-refractivity contribution in [3.63, 3.8) is 0 Å². The van der Waals surface area contributed by atoms with Crippen LogP contribution in [0.25, 0.3) is 0 Å². The first-order chi connectivity index (χ1) is 8.69. The van der Waals surface area contributed by atoms with Gasteiger partial charge in [0.05, 0.1) is 6.10 Å². The molecule has 1 heterocycles. The number of likely N-dealkylation sites (tertiary alicyclic amines) is 1. The lowest BCUT2D eigenvalue weighted by Crippen LogP contribution is -2.39. The SMILES string of the molecule is CCOC1CCCN(Cc2ccc(N)c(Br)c2)C1. The van der Waals surface area contributed by atoms with E-state index in [0.29, 0.717) is 6.10 Å². The zero-order valence-electron chi connectivity index (χ0n) is 10.9.